The van der Waals surface area contributed by atoms with Crippen molar-refractivity contribution in [1.82, 2.24) is 5.32 Å². The van der Waals surface area contributed by atoms with Crippen molar-refractivity contribution in [3.8, 4) is 0 Å². The third-order valence-corrected chi connectivity index (χ3v) is 5.26. The van der Waals surface area contributed by atoms with Crippen molar-refractivity contribution in [3.63, 3.8) is 0 Å². The largest absolute Gasteiger partial charge is 0.353 e. The number of halogens is 2. The molecule has 2 bridgehead atoms. The van der Waals surface area contributed by atoms with E-state index >= 15 is 0 Å². The molecule has 2 saturated carbocycles. The number of fused-ring (bicyclic) bond motifs is 2. The lowest BCUT2D eigenvalue weighted by Gasteiger charge is -2.45. The van der Waals surface area contributed by atoms with Crippen LogP contribution < -0.4 is 11.1 Å². The quantitative estimate of drug-likeness (QED) is 0.884. The Kier molecular flexibility index (Phi) is 6.42. The van der Waals surface area contributed by atoms with Crippen molar-refractivity contribution in [2.75, 3.05) is 0 Å². The van der Waals surface area contributed by atoms with E-state index in [9.17, 15) is 9.18 Å². The summed E-state index contributed by atoms with van der Waals surface area (Å²) < 4.78 is 12.9. The van der Waals surface area contributed by atoms with Gasteiger partial charge in [-0.05, 0) is 61.6 Å². The number of hydrogen-bond donors (Lipinski definition) is 2. The van der Waals surface area contributed by atoms with Crippen molar-refractivity contribution in [3.05, 3.63) is 35.6 Å². The van der Waals surface area contributed by atoms with Crippen LogP contribution in [0.3, 0.4) is 0 Å². The summed E-state index contributed by atoms with van der Waals surface area (Å²) in [6, 6.07) is 7.01. The zero-order valence-corrected chi connectivity index (χ0v) is 14.2. The molecule has 1 aromatic carbocycles. The van der Waals surface area contributed by atoms with Crippen LogP contribution in [0.15, 0.2) is 24.3 Å². The Labute approximate surface area is 143 Å². The van der Waals surface area contributed by atoms with Crippen molar-refractivity contribution >= 4 is 18.3 Å². The molecular formula is C18H26ClFN2O. The van der Waals surface area contributed by atoms with Gasteiger partial charge in [-0.2, -0.15) is 0 Å². The number of nitrogens with one attached hydrogen (secondary N) is 1. The third kappa shape index (κ3) is 4.67. The first-order chi connectivity index (χ1) is 10.6. The lowest BCUT2D eigenvalue weighted by Crippen LogP contribution is -2.53. The van der Waals surface area contributed by atoms with Gasteiger partial charge in [-0.1, -0.05) is 18.6 Å². The minimum Gasteiger partial charge on any atom is -0.353 e. The second-order valence-corrected chi connectivity index (χ2v) is 6.90. The van der Waals surface area contributed by atoms with E-state index in [0.29, 0.717) is 36.8 Å². The highest BCUT2D eigenvalue weighted by Gasteiger charge is 2.39. The minimum absolute atomic E-state index is 0. The van der Waals surface area contributed by atoms with Crippen LogP contribution >= 0.6 is 12.4 Å². The molecule has 3 N–H and O–H groups in total. The molecular weight excluding hydrogens is 315 g/mol. The fourth-order valence-electron chi connectivity index (χ4n) is 4.19. The second-order valence-electron chi connectivity index (χ2n) is 6.90. The molecule has 0 heterocycles. The van der Waals surface area contributed by atoms with Gasteiger partial charge in [-0.3, -0.25) is 4.79 Å². The van der Waals surface area contributed by atoms with Gasteiger partial charge < -0.3 is 11.1 Å². The van der Waals surface area contributed by atoms with Crippen molar-refractivity contribution in [2.45, 2.75) is 57.0 Å². The van der Waals surface area contributed by atoms with E-state index in [1.807, 2.05) is 0 Å². The third-order valence-electron chi connectivity index (χ3n) is 5.26. The minimum atomic E-state index is -0.237. The van der Waals surface area contributed by atoms with Crippen LogP contribution in [-0.2, 0) is 11.2 Å². The molecule has 0 radical (unpaired) electrons. The highest BCUT2D eigenvalue weighted by atomic mass is 35.5. The highest BCUT2D eigenvalue weighted by molar-refractivity contribution is 5.85. The van der Waals surface area contributed by atoms with Crippen LogP contribution in [0.1, 0.15) is 44.1 Å². The van der Waals surface area contributed by atoms with Crippen LogP contribution in [-0.4, -0.2) is 18.0 Å². The summed E-state index contributed by atoms with van der Waals surface area (Å²) in [4.78, 5) is 12.2. The summed E-state index contributed by atoms with van der Waals surface area (Å²) in [5.74, 6) is 0.982. The Morgan fingerprint density at radius 3 is 2.39 bits per heavy atom. The maximum absolute atomic E-state index is 12.9. The van der Waals surface area contributed by atoms with Gasteiger partial charge in [-0.15, -0.1) is 12.4 Å². The van der Waals surface area contributed by atoms with Gasteiger partial charge in [0.25, 0.3) is 0 Å². The van der Waals surface area contributed by atoms with E-state index in [1.165, 1.54) is 31.4 Å². The molecule has 2 unspecified atom stereocenters. The standard InChI is InChI=1S/C18H25FN2O.ClH/c19-15-7-4-12(5-8-15)6-9-17(22)21-18-13-2-1-3-14(18)11-16(20)10-13;/h4-5,7-8,13-14,16,18H,1-3,6,9-11,20H2,(H,21,22);1H. The topological polar surface area (TPSA) is 55.1 Å². The molecule has 0 aromatic heterocycles. The Bertz CT molecular complexity index is 508. The van der Waals surface area contributed by atoms with Gasteiger partial charge in [0.05, 0.1) is 0 Å². The van der Waals surface area contributed by atoms with E-state index in [0.717, 1.165) is 18.4 Å². The van der Waals surface area contributed by atoms with Gasteiger partial charge >= 0.3 is 0 Å². The number of carbonyl (C=O) groups excluding carboxylic acids is 1. The molecule has 5 heteroatoms. The van der Waals surface area contributed by atoms with E-state index in [-0.39, 0.29) is 24.1 Å². The molecule has 2 fully saturated rings. The second kappa shape index (κ2) is 8.11. The fourth-order valence-corrected chi connectivity index (χ4v) is 4.19. The van der Waals surface area contributed by atoms with E-state index in [1.54, 1.807) is 12.1 Å². The Morgan fingerprint density at radius 1 is 1.17 bits per heavy atom. The smallest absolute Gasteiger partial charge is 0.220 e. The number of nitrogens with two attached hydrogens (primary N) is 1. The van der Waals surface area contributed by atoms with Gasteiger partial charge in [0, 0.05) is 18.5 Å². The zero-order chi connectivity index (χ0) is 15.5. The number of hydrogen-bond acceptors (Lipinski definition) is 2. The maximum atomic E-state index is 12.9. The van der Waals surface area contributed by atoms with E-state index in [4.69, 9.17) is 5.73 Å². The summed E-state index contributed by atoms with van der Waals surface area (Å²) >= 11 is 0. The number of rotatable bonds is 4. The first-order valence-electron chi connectivity index (χ1n) is 8.41. The first-order valence-corrected chi connectivity index (χ1v) is 8.41. The van der Waals surface area contributed by atoms with E-state index < -0.39 is 0 Å². The van der Waals surface area contributed by atoms with Crippen molar-refractivity contribution in [2.24, 2.45) is 17.6 Å². The zero-order valence-electron chi connectivity index (χ0n) is 13.3. The summed E-state index contributed by atoms with van der Waals surface area (Å²) in [5, 5.41) is 3.25. The van der Waals surface area contributed by atoms with Gasteiger partial charge in [0.15, 0.2) is 0 Å². The summed E-state index contributed by atoms with van der Waals surface area (Å²) in [5.41, 5.74) is 7.12. The number of aryl methyl sites for hydroxylation is 1. The molecule has 2 aliphatic rings. The van der Waals surface area contributed by atoms with Crippen LogP contribution in [0.4, 0.5) is 4.39 Å². The first kappa shape index (κ1) is 18.2. The molecule has 2 atom stereocenters. The fraction of sp³-hybridized carbons (Fsp3) is 0.611. The molecule has 0 aliphatic heterocycles. The summed E-state index contributed by atoms with van der Waals surface area (Å²) in [6.07, 6.45) is 6.85. The van der Waals surface area contributed by atoms with Crippen LogP contribution in [0.2, 0.25) is 0 Å². The molecule has 0 saturated heterocycles. The Hall–Kier alpha value is -1.13. The van der Waals surface area contributed by atoms with Crippen LogP contribution in [0.5, 0.6) is 0 Å². The molecule has 0 spiro atoms. The van der Waals surface area contributed by atoms with Crippen LogP contribution in [0.25, 0.3) is 0 Å². The lowest BCUT2D eigenvalue weighted by atomic mass is 9.67. The van der Waals surface area contributed by atoms with Crippen molar-refractivity contribution in [1.29, 1.82) is 0 Å². The van der Waals surface area contributed by atoms with E-state index in [2.05, 4.69) is 5.32 Å². The van der Waals surface area contributed by atoms with Gasteiger partial charge in [0.1, 0.15) is 5.82 Å². The summed E-state index contributed by atoms with van der Waals surface area (Å²) in [6.45, 7) is 0. The molecule has 23 heavy (non-hydrogen) atoms. The monoisotopic (exact) mass is 340 g/mol. The Morgan fingerprint density at radius 2 is 1.78 bits per heavy atom. The van der Waals surface area contributed by atoms with Crippen LogP contribution in [0, 0.1) is 17.7 Å². The molecule has 128 valence electrons. The highest BCUT2D eigenvalue weighted by Crippen LogP contribution is 2.39. The molecule has 3 rings (SSSR count). The number of benzene rings is 1. The van der Waals surface area contributed by atoms with Gasteiger partial charge in [-0.25, -0.2) is 4.39 Å². The van der Waals surface area contributed by atoms with Crippen molar-refractivity contribution < 1.29 is 9.18 Å². The van der Waals surface area contributed by atoms with Gasteiger partial charge in [0.2, 0.25) is 5.91 Å². The summed E-state index contributed by atoms with van der Waals surface area (Å²) in [7, 11) is 0. The average Bonchev–Trinajstić information content (AvgIpc) is 2.48. The average molecular weight is 341 g/mol. The maximum Gasteiger partial charge on any atom is 0.220 e. The number of amides is 1. The molecule has 1 aromatic rings. The predicted molar refractivity (Wildman–Crippen MR) is 91.9 cm³/mol. The molecule has 2 aliphatic carbocycles. The number of carbonyl (C=O) groups is 1. The molecule has 3 nitrogen and oxygen atoms in total. The predicted octanol–water partition coefficient (Wildman–Crippen LogP) is 3.20. The SMILES string of the molecule is Cl.NC1CC2CCCC(C1)C2NC(=O)CCc1ccc(F)cc1. The normalized spacial score (nSPS) is 29.5. The lowest BCUT2D eigenvalue weighted by molar-refractivity contribution is -0.123. The molecule has 1 amide bonds. The Balaban J connectivity index is 0.00000192.